The van der Waals surface area contributed by atoms with Gasteiger partial charge in [-0.15, -0.1) is 0 Å². The second-order valence-corrected chi connectivity index (χ2v) is 6.53. The molecule has 2 aromatic rings. The summed E-state index contributed by atoms with van der Waals surface area (Å²) in [5, 5.41) is 3.07. The molecule has 0 spiro atoms. The third-order valence-corrected chi connectivity index (χ3v) is 5.00. The highest BCUT2D eigenvalue weighted by Gasteiger charge is 2.34. The predicted molar refractivity (Wildman–Crippen MR) is 71.3 cm³/mol. The van der Waals surface area contributed by atoms with E-state index in [4.69, 9.17) is 0 Å². The fraction of sp³-hybridized carbons (Fsp3) is 0.143. The normalized spacial score (nSPS) is 19.9. The van der Waals surface area contributed by atoms with Gasteiger partial charge in [0.1, 0.15) is 5.82 Å². The Morgan fingerprint density at radius 3 is 2.68 bits per heavy atom. The fourth-order valence-electron chi connectivity index (χ4n) is 2.35. The Morgan fingerprint density at radius 1 is 1.11 bits per heavy atom. The summed E-state index contributed by atoms with van der Waals surface area (Å²) in [6.07, 6.45) is 0. The van der Waals surface area contributed by atoms with Crippen molar-refractivity contribution in [2.45, 2.75) is 10.9 Å². The van der Waals surface area contributed by atoms with E-state index in [1.165, 1.54) is 12.1 Å². The van der Waals surface area contributed by atoms with Crippen LogP contribution in [0.4, 0.5) is 10.1 Å². The van der Waals surface area contributed by atoms with Crippen molar-refractivity contribution in [3.8, 4) is 0 Å². The minimum Gasteiger partial charge on any atom is -0.377 e. The van der Waals surface area contributed by atoms with Gasteiger partial charge in [0, 0.05) is 5.69 Å². The van der Waals surface area contributed by atoms with Crippen molar-refractivity contribution in [1.82, 2.24) is 0 Å². The zero-order valence-corrected chi connectivity index (χ0v) is 10.8. The summed E-state index contributed by atoms with van der Waals surface area (Å²) < 4.78 is 37.1. The lowest BCUT2D eigenvalue weighted by Crippen LogP contribution is -2.12. The molecule has 0 saturated heterocycles. The minimum atomic E-state index is -3.24. The summed E-state index contributed by atoms with van der Waals surface area (Å²) in [6.45, 7) is 0. The number of halogens is 1. The van der Waals surface area contributed by atoms with Gasteiger partial charge in [0.25, 0.3) is 0 Å². The molecule has 0 amide bonds. The van der Waals surface area contributed by atoms with Crippen LogP contribution in [0.5, 0.6) is 0 Å². The quantitative estimate of drug-likeness (QED) is 0.918. The third-order valence-electron chi connectivity index (χ3n) is 3.18. The average molecular weight is 277 g/mol. The number of anilines is 1. The Bertz CT molecular complexity index is 728. The summed E-state index contributed by atoms with van der Waals surface area (Å²) in [7, 11) is -3.24. The van der Waals surface area contributed by atoms with Crippen LogP contribution in [0.3, 0.4) is 0 Å². The van der Waals surface area contributed by atoms with E-state index in [0.29, 0.717) is 10.6 Å². The summed E-state index contributed by atoms with van der Waals surface area (Å²) >= 11 is 0. The standard InChI is InChI=1S/C14H12FNO2S/c15-10-4-3-5-11(8-10)16-13-9-19(17,18)14-7-2-1-6-12(13)14/h1-8,13,16H,9H2. The van der Waals surface area contributed by atoms with E-state index < -0.39 is 9.84 Å². The molecule has 19 heavy (non-hydrogen) atoms. The summed E-state index contributed by atoms with van der Waals surface area (Å²) in [4.78, 5) is 0.365. The number of rotatable bonds is 2. The molecule has 0 aliphatic carbocycles. The van der Waals surface area contributed by atoms with Crippen LogP contribution in [0.25, 0.3) is 0 Å². The van der Waals surface area contributed by atoms with E-state index in [1.54, 1.807) is 36.4 Å². The van der Waals surface area contributed by atoms with Crippen LogP contribution in [0.1, 0.15) is 11.6 Å². The zero-order chi connectivity index (χ0) is 13.5. The maximum absolute atomic E-state index is 13.1. The first-order chi connectivity index (χ1) is 9.06. The molecule has 0 fully saturated rings. The fourth-order valence-corrected chi connectivity index (χ4v) is 4.09. The largest absolute Gasteiger partial charge is 0.377 e. The first kappa shape index (κ1) is 12.2. The van der Waals surface area contributed by atoms with E-state index in [0.717, 1.165) is 5.56 Å². The van der Waals surface area contributed by atoms with Crippen molar-refractivity contribution in [3.63, 3.8) is 0 Å². The van der Waals surface area contributed by atoms with Crippen LogP contribution in [-0.4, -0.2) is 14.2 Å². The first-order valence-electron chi connectivity index (χ1n) is 5.90. The maximum Gasteiger partial charge on any atom is 0.181 e. The molecule has 5 heteroatoms. The number of fused-ring (bicyclic) bond motifs is 1. The maximum atomic E-state index is 13.1. The second-order valence-electron chi connectivity index (χ2n) is 4.53. The van der Waals surface area contributed by atoms with Crippen molar-refractivity contribution in [2.24, 2.45) is 0 Å². The predicted octanol–water partition coefficient (Wildman–Crippen LogP) is 2.77. The summed E-state index contributed by atoms with van der Waals surface area (Å²) in [5.74, 6) is -0.345. The Morgan fingerprint density at radius 2 is 1.89 bits per heavy atom. The van der Waals surface area contributed by atoms with Crippen LogP contribution in [-0.2, 0) is 9.84 Å². The topological polar surface area (TPSA) is 46.2 Å². The Labute approximate surface area is 111 Å². The Kier molecular flexibility index (Phi) is 2.78. The third kappa shape index (κ3) is 2.21. The van der Waals surface area contributed by atoms with Crippen molar-refractivity contribution in [2.75, 3.05) is 11.1 Å². The number of benzene rings is 2. The summed E-state index contributed by atoms with van der Waals surface area (Å²) in [6, 6.07) is 12.6. The van der Waals surface area contributed by atoms with Gasteiger partial charge in [-0.25, -0.2) is 12.8 Å². The second kappa shape index (κ2) is 4.35. The molecule has 3 rings (SSSR count). The SMILES string of the molecule is O=S1(=O)CC(Nc2cccc(F)c2)c2ccccc21. The number of hydrogen-bond acceptors (Lipinski definition) is 3. The van der Waals surface area contributed by atoms with Gasteiger partial charge < -0.3 is 5.32 Å². The van der Waals surface area contributed by atoms with Crippen LogP contribution in [0.15, 0.2) is 53.4 Å². The van der Waals surface area contributed by atoms with Gasteiger partial charge in [0.05, 0.1) is 16.7 Å². The molecule has 1 atom stereocenters. The lowest BCUT2D eigenvalue weighted by Gasteiger charge is -2.14. The molecular weight excluding hydrogens is 265 g/mol. The van der Waals surface area contributed by atoms with Gasteiger partial charge in [-0.2, -0.15) is 0 Å². The summed E-state index contributed by atoms with van der Waals surface area (Å²) in [5.41, 5.74) is 1.32. The van der Waals surface area contributed by atoms with Crippen molar-refractivity contribution in [1.29, 1.82) is 0 Å². The monoisotopic (exact) mass is 277 g/mol. The smallest absolute Gasteiger partial charge is 0.181 e. The average Bonchev–Trinajstić information content (AvgIpc) is 2.62. The molecule has 1 heterocycles. The molecule has 1 unspecified atom stereocenters. The Hall–Kier alpha value is -1.88. The van der Waals surface area contributed by atoms with Crippen LogP contribution >= 0.6 is 0 Å². The van der Waals surface area contributed by atoms with Crippen molar-refractivity contribution in [3.05, 3.63) is 59.9 Å². The van der Waals surface area contributed by atoms with Gasteiger partial charge in [-0.05, 0) is 29.8 Å². The van der Waals surface area contributed by atoms with E-state index in [1.807, 2.05) is 0 Å². The molecule has 2 aromatic carbocycles. The molecule has 1 aliphatic rings. The van der Waals surface area contributed by atoms with E-state index in [2.05, 4.69) is 5.32 Å². The zero-order valence-electron chi connectivity index (χ0n) is 10.0. The van der Waals surface area contributed by atoms with Crippen molar-refractivity contribution >= 4 is 15.5 Å². The minimum absolute atomic E-state index is 0.00284. The van der Waals surface area contributed by atoms with Gasteiger partial charge >= 0.3 is 0 Å². The van der Waals surface area contributed by atoms with E-state index in [-0.39, 0.29) is 17.6 Å². The van der Waals surface area contributed by atoms with Crippen molar-refractivity contribution < 1.29 is 12.8 Å². The molecule has 0 radical (unpaired) electrons. The first-order valence-corrected chi connectivity index (χ1v) is 7.55. The van der Waals surface area contributed by atoms with Gasteiger partial charge in [0.15, 0.2) is 9.84 Å². The highest BCUT2D eigenvalue weighted by Crippen LogP contribution is 2.35. The highest BCUT2D eigenvalue weighted by atomic mass is 32.2. The van der Waals surface area contributed by atoms with Gasteiger partial charge in [0.2, 0.25) is 0 Å². The highest BCUT2D eigenvalue weighted by molar-refractivity contribution is 7.91. The molecule has 0 bridgehead atoms. The van der Waals surface area contributed by atoms with Gasteiger partial charge in [-0.3, -0.25) is 0 Å². The molecule has 0 aromatic heterocycles. The number of nitrogens with one attached hydrogen (secondary N) is 1. The molecule has 98 valence electrons. The molecule has 1 N–H and O–H groups in total. The van der Waals surface area contributed by atoms with Crippen LogP contribution < -0.4 is 5.32 Å². The van der Waals surface area contributed by atoms with E-state index >= 15 is 0 Å². The lowest BCUT2D eigenvalue weighted by molar-refractivity contribution is 0.598. The number of hydrogen-bond donors (Lipinski definition) is 1. The van der Waals surface area contributed by atoms with Crippen LogP contribution in [0.2, 0.25) is 0 Å². The molecule has 0 saturated carbocycles. The van der Waals surface area contributed by atoms with Gasteiger partial charge in [-0.1, -0.05) is 24.3 Å². The number of sulfone groups is 1. The lowest BCUT2D eigenvalue weighted by atomic mass is 10.1. The van der Waals surface area contributed by atoms with E-state index in [9.17, 15) is 12.8 Å². The molecule has 3 nitrogen and oxygen atoms in total. The van der Waals surface area contributed by atoms with Crippen LogP contribution in [0, 0.1) is 5.82 Å². The Balaban J connectivity index is 1.96. The molecular formula is C14H12FNO2S. The molecule has 1 aliphatic heterocycles.